The molecule has 0 atom stereocenters. The standard InChI is InChI=1S/C17H13F2N/c18-14-9-8-13(16(19)10-14)11-20-17-7-3-5-12-4-1-2-6-15(12)17/h1-10,20H,11H2. The number of hydrogen-bond donors (Lipinski definition) is 1. The van der Waals surface area contributed by atoms with E-state index in [1.807, 2.05) is 42.5 Å². The lowest BCUT2D eigenvalue weighted by atomic mass is 10.1. The molecule has 1 N–H and O–H groups in total. The lowest BCUT2D eigenvalue weighted by Gasteiger charge is -2.10. The normalized spacial score (nSPS) is 10.7. The molecule has 100 valence electrons. The molecule has 0 saturated carbocycles. The van der Waals surface area contributed by atoms with Crippen LogP contribution in [-0.2, 0) is 6.54 Å². The number of fused-ring (bicyclic) bond motifs is 1. The molecular formula is C17H13F2N. The highest BCUT2D eigenvalue weighted by atomic mass is 19.1. The third-order valence-electron chi connectivity index (χ3n) is 3.27. The van der Waals surface area contributed by atoms with E-state index in [-0.39, 0.29) is 0 Å². The summed E-state index contributed by atoms with van der Waals surface area (Å²) < 4.78 is 26.4. The number of rotatable bonds is 3. The van der Waals surface area contributed by atoms with Crippen LogP contribution in [0.15, 0.2) is 60.7 Å². The molecule has 0 heterocycles. The fraction of sp³-hybridized carbons (Fsp3) is 0.0588. The summed E-state index contributed by atoms with van der Waals surface area (Å²) in [4.78, 5) is 0. The van der Waals surface area contributed by atoms with E-state index in [1.165, 1.54) is 12.1 Å². The third kappa shape index (κ3) is 2.48. The fourth-order valence-corrected chi connectivity index (χ4v) is 2.24. The van der Waals surface area contributed by atoms with Gasteiger partial charge >= 0.3 is 0 Å². The topological polar surface area (TPSA) is 12.0 Å². The predicted octanol–water partition coefficient (Wildman–Crippen LogP) is 4.73. The van der Waals surface area contributed by atoms with Crippen molar-refractivity contribution < 1.29 is 8.78 Å². The van der Waals surface area contributed by atoms with E-state index in [0.29, 0.717) is 12.1 Å². The van der Waals surface area contributed by atoms with Crippen molar-refractivity contribution in [1.29, 1.82) is 0 Å². The Labute approximate surface area is 115 Å². The first-order valence-electron chi connectivity index (χ1n) is 6.39. The zero-order valence-corrected chi connectivity index (χ0v) is 10.7. The smallest absolute Gasteiger partial charge is 0.131 e. The van der Waals surface area contributed by atoms with Gasteiger partial charge in [0.15, 0.2) is 0 Å². The lowest BCUT2D eigenvalue weighted by molar-refractivity contribution is 0.574. The summed E-state index contributed by atoms with van der Waals surface area (Å²) in [7, 11) is 0. The molecule has 0 saturated heterocycles. The summed E-state index contributed by atoms with van der Waals surface area (Å²) >= 11 is 0. The molecule has 0 aliphatic rings. The van der Waals surface area contributed by atoms with Crippen LogP contribution in [0.5, 0.6) is 0 Å². The van der Waals surface area contributed by atoms with Gasteiger partial charge in [-0.15, -0.1) is 0 Å². The Morgan fingerprint density at radius 1 is 0.850 bits per heavy atom. The van der Waals surface area contributed by atoms with Crippen molar-refractivity contribution in [3.05, 3.63) is 77.9 Å². The van der Waals surface area contributed by atoms with E-state index in [2.05, 4.69) is 5.32 Å². The second kappa shape index (κ2) is 5.29. The fourth-order valence-electron chi connectivity index (χ4n) is 2.24. The Morgan fingerprint density at radius 3 is 2.50 bits per heavy atom. The molecule has 0 fully saturated rings. The Bertz CT molecular complexity index is 748. The molecule has 3 rings (SSSR count). The monoisotopic (exact) mass is 269 g/mol. The third-order valence-corrected chi connectivity index (χ3v) is 3.27. The molecular weight excluding hydrogens is 256 g/mol. The number of hydrogen-bond acceptors (Lipinski definition) is 1. The molecule has 0 spiro atoms. The van der Waals surface area contributed by atoms with Crippen LogP contribution in [0.3, 0.4) is 0 Å². The number of nitrogens with one attached hydrogen (secondary N) is 1. The van der Waals surface area contributed by atoms with Gasteiger partial charge in [0.25, 0.3) is 0 Å². The summed E-state index contributed by atoms with van der Waals surface area (Å²) in [5.41, 5.74) is 1.38. The first-order valence-corrected chi connectivity index (χ1v) is 6.39. The first kappa shape index (κ1) is 12.6. The maximum atomic E-state index is 13.6. The highest BCUT2D eigenvalue weighted by Gasteiger charge is 2.05. The van der Waals surface area contributed by atoms with Crippen molar-refractivity contribution in [3.8, 4) is 0 Å². The van der Waals surface area contributed by atoms with E-state index in [9.17, 15) is 8.78 Å². The van der Waals surface area contributed by atoms with Crippen molar-refractivity contribution in [2.45, 2.75) is 6.54 Å². The van der Waals surface area contributed by atoms with Crippen LogP contribution in [0.25, 0.3) is 10.8 Å². The molecule has 3 aromatic carbocycles. The Hall–Kier alpha value is -2.42. The van der Waals surface area contributed by atoms with Gasteiger partial charge in [0.1, 0.15) is 11.6 Å². The highest BCUT2D eigenvalue weighted by molar-refractivity contribution is 5.93. The average molecular weight is 269 g/mol. The number of anilines is 1. The van der Waals surface area contributed by atoms with Crippen molar-refractivity contribution >= 4 is 16.5 Å². The molecule has 0 bridgehead atoms. The second-order valence-corrected chi connectivity index (χ2v) is 4.62. The van der Waals surface area contributed by atoms with Gasteiger partial charge in [-0.2, -0.15) is 0 Å². The van der Waals surface area contributed by atoms with Gasteiger partial charge in [-0.25, -0.2) is 8.78 Å². The molecule has 0 aliphatic carbocycles. The van der Waals surface area contributed by atoms with Gasteiger partial charge < -0.3 is 5.32 Å². The Balaban J connectivity index is 1.87. The minimum absolute atomic E-state index is 0.320. The maximum Gasteiger partial charge on any atom is 0.131 e. The van der Waals surface area contributed by atoms with Crippen molar-refractivity contribution in [3.63, 3.8) is 0 Å². The largest absolute Gasteiger partial charge is 0.380 e. The molecule has 0 amide bonds. The van der Waals surface area contributed by atoms with Gasteiger partial charge in [-0.1, -0.05) is 42.5 Å². The second-order valence-electron chi connectivity index (χ2n) is 4.62. The molecule has 0 radical (unpaired) electrons. The first-order chi connectivity index (χ1) is 9.74. The quantitative estimate of drug-likeness (QED) is 0.724. The predicted molar refractivity (Wildman–Crippen MR) is 77.6 cm³/mol. The van der Waals surface area contributed by atoms with Crippen LogP contribution in [-0.4, -0.2) is 0 Å². The summed E-state index contributed by atoms with van der Waals surface area (Å²) in [6.07, 6.45) is 0. The molecule has 1 nitrogen and oxygen atoms in total. The van der Waals surface area contributed by atoms with Crippen LogP contribution in [0.4, 0.5) is 14.5 Å². The van der Waals surface area contributed by atoms with Gasteiger partial charge in [-0.05, 0) is 17.5 Å². The van der Waals surface area contributed by atoms with Crippen LogP contribution < -0.4 is 5.32 Å². The van der Waals surface area contributed by atoms with Crippen LogP contribution in [0.2, 0.25) is 0 Å². The van der Waals surface area contributed by atoms with Gasteiger partial charge in [-0.3, -0.25) is 0 Å². The Kier molecular flexibility index (Phi) is 3.33. The van der Waals surface area contributed by atoms with Crippen molar-refractivity contribution in [2.24, 2.45) is 0 Å². The van der Waals surface area contributed by atoms with E-state index in [0.717, 1.165) is 22.5 Å². The zero-order chi connectivity index (χ0) is 13.9. The van der Waals surface area contributed by atoms with Crippen LogP contribution in [0, 0.1) is 11.6 Å². The van der Waals surface area contributed by atoms with E-state index >= 15 is 0 Å². The summed E-state index contributed by atoms with van der Waals surface area (Å²) in [5, 5.41) is 5.41. The molecule has 3 aromatic rings. The van der Waals surface area contributed by atoms with E-state index < -0.39 is 11.6 Å². The molecule has 0 aromatic heterocycles. The van der Waals surface area contributed by atoms with Gasteiger partial charge in [0.2, 0.25) is 0 Å². The summed E-state index contributed by atoms with van der Waals surface area (Å²) in [5.74, 6) is -1.09. The molecule has 3 heteroatoms. The molecule has 0 unspecified atom stereocenters. The van der Waals surface area contributed by atoms with Crippen molar-refractivity contribution in [1.82, 2.24) is 0 Å². The highest BCUT2D eigenvalue weighted by Crippen LogP contribution is 2.23. The lowest BCUT2D eigenvalue weighted by Crippen LogP contribution is -2.02. The SMILES string of the molecule is Fc1ccc(CNc2cccc3ccccc23)c(F)c1. The van der Waals surface area contributed by atoms with Crippen LogP contribution >= 0.6 is 0 Å². The Morgan fingerprint density at radius 2 is 1.65 bits per heavy atom. The van der Waals surface area contributed by atoms with Gasteiger partial charge in [0.05, 0.1) is 0 Å². The van der Waals surface area contributed by atoms with Crippen molar-refractivity contribution in [2.75, 3.05) is 5.32 Å². The van der Waals surface area contributed by atoms with E-state index in [1.54, 1.807) is 0 Å². The summed E-state index contributed by atoms with van der Waals surface area (Å²) in [6.45, 7) is 0.320. The number of benzene rings is 3. The molecule has 20 heavy (non-hydrogen) atoms. The maximum absolute atomic E-state index is 13.6. The zero-order valence-electron chi connectivity index (χ0n) is 10.7. The van der Waals surface area contributed by atoms with Gasteiger partial charge in [0, 0.05) is 29.2 Å². The minimum atomic E-state index is -0.559. The number of halogens is 2. The summed E-state index contributed by atoms with van der Waals surface area (Å²) in [6, 6.07) is 17.5. The average Bonchev–Trinajstić information content (AvgIpc) is 2.46. The molecule has 0 aliphatic heterocycles. The van der Waals surface area contributed by atoms with E-state index in [4.69, 9.17) is 0 Å². The van der Waals surface area contributed by atoms with Crippen LogP contribution in [0.1, 0.15) is 5.56 Å². The minimum Gasteiger partial charge on any atom is -0.380 e.